The molecule has 6 heteroatoms. The summed E-state index contributed by atoms with van der Waals surface area (Å²) in [5.74, 6) is 0.635. The molecule has 0 saturated heterocycles. The van der Waals surface area contributed by atoms with E-state index in [1.165, 1.54) is 11.8 Å². The van der Waals surface area contributed by atoms with Gasteiger partial charge in [-0.05, 0) is 25.8 Å². The molecule has 2 aromatic rings. The molecular formula is C15H18ClN3OS. The first-order chi connectivity index (χ1) is 10.1. The number of aromatic amines is 1. The summed E-state index contributed by atoms with van der Waals surface area (Å²) >= 11 is 7.66. The van der Waals surface area contributed by atoms with Crippen molar-refractivity contribution in [1.29, 1.82) is 0 Å². The van der Waals surface area contributed by atoms with Gasteiger partial charge in [0, 0.05) is 33.8 Å². The summed E-state index contributed by atoms with van der Waals surface area (Å²) in [6.45, 7) is 5.91. The van der Waals surface area contributed by atoms with E-state index in [9.17, 15) is 4.79 Å². The maximum atomic E-state index is 12.0. The number of rotatable bonds is 5. The zero-order valence-electron chi connectivity index (χ0n) is 12.4. The normalized spacial score (nSPS) is 10.9. The Bertz CT molecular complexity index is 680. The molecular weight excluding hydrogens is 306 g/mol. The average Bonchev–Trinajstić information content (AvgIpc) is 2.46. The predicted octanol–water partition coefficient (Wildman–Crippen LogP) is 3.54. The number of nitrogens with one attached hydrogen (secondary N) is 1. The van der Waals surface area contributed by atoms with Crippen molar-refractivity contribution in [3.63, 3.8) is 0 Å². The molecule has 0 unspecified atom stereocenters. The van der Waals surface area contributed by atoms with Gasteiger partial charge in [0.1, 0.15) is 0 Å². The van der Waals surface area contributed by atoms with Crippen LogP contribution >= 0.6 is 23.4 Å². The summed E-state index contributed by atoms with van der Waals surface area (Å²) < 4.78 is 0. The molecule has 2 rings (SSSR count). The molecule has 2 aromatic heterocycles. The molecule has 0 atom stereocenters. The van der Waals surface area contributed by atoms with Crippen molar-refractivity contribution in [2.45, 2.75) is 44.5 Å². The minimum atomic E-state index is -0.0409. The maximum absolute atomic E-state index is 12.0. The third-order valence-corrected chi connectivity index (χ3v) is 4.59. The SMILES string of the molecule is CCc1nc(SCc2c(Cl)ccnc2C)[nH]c(=O)c1CC. The van der Waals surface area contributed by atoms with E-state index in [1.807, 2.05) is 20.8 Å². The van der Waals surface area contributed by atoms with Crippen LogP contribution in [0.25, 0.3) is 0 Å². The molecule has 1 N–H and O–H groups in total. The van der Waals surface area contributed by atoms with Crippen LogP contribution in [0, 0.1) is 6.92 Å². The first-order valence-corrected chi connectivity index (χ1v) is 8.28. The summed E-state index contributed by atoms with van der Waals surface area (Å²) in [6.07, 6.45) is 3.15. The van der Waals surface area contributed by atoms with Gasteiger partial charge in [0.25, 0.3) is 5.56 Å². The van der Waals surface area contributed by atoms with Gasteiger partial charge in [0.2, 0.25) is 0 Å². The Hall–Kier alpha value is -1.33. The number of pyridine rings is 1. The van der Waals surface area contributed by atoms with Crippen LogP contribution in [0.5, 0.6) is 0 Å². The van der Waals surface area contributed by atoms with Crippen LogP contribution in [0.4, 0.5) is 0 Å². The molecule has 0 aromatic carbocycles. The van der Waals surface area contributed by atoms with E-state index in [0.717, 1.165) is 28.9 Å². The van der Waals surface area contributed by atoms with E-state index in [1.54, 1.807) is 12.3 Å². The molecule has 112 valence electrons. The van der Waals surface area contributed by atoms with E-state index < -0.39 is 0 Å². The number of hydrogen-bond donors (Lipinski definition) is 1. The van der Waals surface area contributed by atoms with Crippen molar-refractivity contribution >= 4 is 23.4 Å². The van der Waals surface area contributed by atoms with E-state index in [-0.39, 0.29) is 5.56 Å². The van der Waals surface area contributed by atoms with E-state index in [2.05, 4.69) is 15.0 Å². The first kappa shape index (κ1) is 16.0. The molecule has 0 aliphatic rings. The number of halogens is 1. The Kier molecular flexibility index (Phi) is 5.42. The third kappa shape index (κ3) is 3.66. The monoisotopic (exact) mass is 323 g/mol. The lowest BCUT2D eigenvalue weighted by Crippen LogP contribution is -2.17. The Labute approximate surface area is 133 Å². The molecule has 0 spiro atoms. The van der Waals surface area contributed by atoms with Crippen molar-refractivity contribution < 1.29 is 0 Å². The van der Waals surface area contributed by atoms with Gasteiger partial charge in [0.15, 0.2) is 5.16 Å². The zero-order valence-corrected chi connectivity index (χ0v) is 13.9. The Morgan fingerprint density at radius 1 is 1.29 bits per heavy atom. The Morgan fingerprint density at radius 3 is 2.67 bits per heavy atom. The summed E-state index contributed by atoms with van der Waals surface area (Å²) in [7, 11) is 0. The number of thioether (sulfide) groups is 1. The van der Waals surface area contributed by atoms with Gasteiger partial charge in [-0.25, -0.2) is 4.98 Å². The summed E-state index contributed by atoms with van der Waals surface area (Å²) in [6, 6.07) is 1.78. The minimum absolute atomic E-state index is 0.0409. The molecule has 0 aliphatic carbocycles. The van der Waals surface area contributed by atoms with E-state index in [0.29, 0.717) is 22.4 Å². The lowest BCUT2D eigenvalue weighted by Gasteiger charge is -2.09. The van der Waals surface area contributed by atoms with Gasteiger partial charge in [-0.3, -0.25) is 9.78 Å². The lowest BCUT2D eigenvalue weighted by molar-refractivity contribution is 0.825. The molecule has 2 heterocycles. The Balaban J connectivity index is 2.25. The van der Waals surface area contributed by atoms with E-state index >= 15 is 0 Å². The van der Waals surface area contributed by atoms with Crippen LogP contribution in [0.3, 0.4) is 0 Å². The topological polar surface area (TPSA) is 58.6 Å². The average molecular weight is 324 g/mol. The van der Waals surface area contributed by atoms with E-state index in [4.69, 9.17) is 11.6 Å². The van der Waals surface area contributed by atoms with Crippen LogP contribution < -0.4 is 5.56 Å². The number of aryl methyl sites for hydroxylation is 2. The van der Waals surface area contributed by atoms with Gasteiger partial charge in [-0.1, -0.05) is 37.2 Å². The predicted molar refractivity (Wildman–Crippen MR) is 87.2 cm³/mol. The highest BCUT2D eigenvalue weighted by Crippen LogP contribution is 2.26. The minimum Gasteiger partial charge on any atom is -0.301 e. The first-order valence-electron chi connectivity index (χ1n) is 6.91. The molecule has 21 heavy (non-hydrogen) atoms. The molecule has 0 fully saturated rings. The number of H-pyrrole nitrogens is 1. The lowest BCUT2D eigenvalue weighted by atomic mass is 10.1. The van der Waals surface area contributed by atoms with Crippen LogP contribution in [-0.4, -0.2) is 15.0 Å². The highest BCUT2D eigenvalue weighted by molar-refractivity contribution is 7.98. The second-order valence-electron chi connectivity index (χ2n) is 4.65. The standard InChI is InChI=1S/C15H18ClN3OS/c1-4-10-13(5-2)18-15(19-14(10)20)21-8-11-9(3)17-7-6-12(11)16/h6-7H,4-5,8H2,1-3H3,(H,18,19,20). The molecule has 0 saturated carbocycles. The van der Waals surface area contributed by atoms with Crippen molar-refractivity contribution in [2.24, 2.45) is 0 Å². The molecule has 0 amide bonds. The number of aromatic nitrogens is 3. The van der Waals surface area contributed by atoms with Crippen molar-refractivity contribution in [3.8, 4) is 0 Å². The van der Waals surface area contributed by atoms with Crippen LogP contribution in [0.2, 0.25) is 5.02 Å². The zero-order chi connectivity index (χ0) is 15.4. The fourth-order valence-corrected chi connectivity index (χ4v) is 3.45. The second-order valence-corrected chi connectivity index (χ2v) is 6.02. The van der Waals surface area contributed by atoms with Gasteiger partial charge < -0.3 is 4.98 Å². The van der Waals surface area contributed by atoms with Crippen LogP contribution in [0.1, 0.15) is 36.4 Å². The summed E-state index contributed by atoms with van der Waals surface area (Å²) in [5, 5.41) is 1.33. The van der Waals surface area contributed by atoms with Gasteiger partial charge >= 0.3 is 0 Å². The van der Waals surface area contributed by atoms with Crippen molar-refractivity contribution in [3.05, 3.63) is 50.2 Å². The number of nitrogens with zero attached hydrogens (tertiary/aromatic N) is 2. The smallest absolute Gasteiger partial charge is 0.254 e. The second kappa shape index (κ2) is 7.09. The van der Waals surface area contributed by atoms with Gasteiger partial charge in [-0.2, -0.15) is 0 Å². The van der Waals surface area contributed by atoms with Crippen LogP contribution in [-0.2, 0) is 18.6 Å². The molecule has 0 bridgehead atoms. The maximum Gasteiger partial charge on any atom is 0.254 e. The highest BCUT2D eigenvalue weighted by Gasteiger charge is 2.11. The summed E-state index contributed by atoms with van der Waals surface area (Å²) in [5.41, 5.74) is 3.48. The quantitative estimate of drug-likeness (QED) is 0.675. The molecule has 0 radical (unpaired) electrons. The van der Waals surface area contributed by atoms with Crippen molar-refractivity contribution in [2.75, 3.05) is 0 Å². The Morgan fingerprint density at radius 2 is 2.05 bits per heavy atom. The molecule has 4 nitrogen and oxygen atoms in total. The van der Waals surface area contributed by atoms with Gasteiger partial charge in [-0.15, -0.1) is 0 Å². The summed E-state index contributed by atoms with van der Waals surface area (Å²) in [4.78, 5) is 23.7. The van der Waals surface area contributed by atoms with Crippen molar-refractivity contribution in [1.82, 2.24) is 15.0 Å². The van der Waals surface area contributed by atoms with Crippen LogP contribution in [0.15, 0.2) is 22.2 Å². The fourth-order valence-electron chi connectivity index (χ4n) is 2.13. The van der Waals surface area contributed by atoms with Gasteiger partial charge in [0.05, 0.1) is 5.69 Å². The largest absolute Gasteiger partial charge is 0.301 e. The molecule has 0 aliphatic heterocycles. The fraction of sp³-hybridized carbons (Fsp3) is 0.400. The number of hydrogen-bond acceptors (Lipinski definition) is 4. The highest BCUT2D eigenvalue weighted by atomic mass is 35.5. The third-order valence-electron chi connectivity index (χ3n) is 3.34.